The lowest BCUT2D eigenvalue weighted by Crippen LogP contribution is -2.22. The molecular formula is C17H21NO. The summed E-state index contributed by atoms with van der Waals surface area (Å²) < 4.78 is 5.27. The van der Waals surface area contributed by atoms with Crippen LogP contribution in [0.2, 0.25) is 0 Å². The summed E-state index contributed by atoms with van der Waals surface area (Å²) in [5.74, 6) is 0.901. The molecule has 2 aromatic rings. The van der Waals surface area contributed by atoms with Crippen LogP contribution < -0.4 is 10.1 Å². The van der Waals surface area contributed by atoms with E-state index in [-0.39, 0.29) is 6.04 Å². The van der Waals surface area contributed by atoms with Gasteiger partial charge in [0.2, 0.25) is 0 Å². The van der Waals surface area contributed by atoms with Gasteiger partial charge in [0.1, 0.15) is 5.75 Å². The Labute approximate surface area is 115 Å². The fourth-order valence-corrected chi connectivity index (χ4v) is 2.22. The van der Waals surface area contributed by atoms with Crippen molar-refractivity contribution in [2.24, 2.45) is 0 Å². The summed E-state index contributed by atoms with van der Waals surface area (Å²) in [4.78, 5) is 0. The van der Waals surface area contributed by atoms with Crippen molar-refractivity contribution in [1.29, 1.82) is 0 Å². The quantitative estimate of drug-likeness (QED) is 0.868. The SMILES string of the molecule is COc1cccc(C(C)NC(C)c2ccccc2)c1. The molecular weight excluding hydrogens is 234 g/mol. The first-order valence-corrected chi connectivity index (χ1v) is 6.65. The predicted molar refractivity (Wildman–Crippen MR) is 79.4 cm³/mol. The zero-order valence-electron chi connectivity index (χ0n) is 11.8. The molecule has 0 spiro atoms. The molecule has 0 radical (unpaired) electrons. The third-order valence-electron chi connectivity index (χ3n) is 3.39. The fraction of sp³-hybridized carbons (Fsp3) is 0.294. The van der Waals surface area contributed by atoms with E-state index in [0.717, 1.165) is 5.75 Å². The molecule has 0 aliphatic rings. The van der Waals surface area contributed by atoms with E-state index in [4.69, 9.17) is 4.74 Å². The second kappa shape index (κ2) is 6.39. The third-order valence-corrected chi connectivity index (χ3v) is 3.39. The Bertz CT molecular complexity index is 510. The lowest BCUT2D eigenvalue weighted by molar-refractivity contribution is 0.412. The summed E-state index contributed by atoms with van der Waals surface area (Å²) in [6.45, 7) is 4.36. The Balaban J connectivity index is 2.06. The molecule has 2 unspecified atom stereocenters. The van der Waals surface area contributed by atoms with Crippen LogP contribution in [0.1, 0.15) is 37.1 Å². The lowest BCUT2D eigenvalue weighted by atomic mass is 10.0. The maximum atomic E-state index is 5.27. The first-order chi connectivity index (χ1) is 9.20. The van der Waals surface area contributed by atoms with E-state index in [1.807, 2.05) is 18.2 Å². The van der Waals surface area contributed by atoms with Crippen LogP contribution in [0.5, 0.6) is 5.75 Å². The molecule has 2 atom stereocenters. The molecule has 0 heterocycles. The van der Waals surface area contributed by atoms with E-state index in [9.17, 15) is 0 Å². The number of ether oxygens (including phenoxy) is 1. The highest BCUT2D eigenvalue weighted by Crippen LogP contribution is 2.22. The van der Waals surface area contributed by atoms with Gasteiger partial charge in [-0.05, 0) is 37.1 Å². The molecule has 0 bridgehead atoms. The second-order valence-corrected chi connectivity index (χ2v) is 4.80. The summed E-state index contributed by atoms with van der Waals surface area (Å²) in [6, 6.07) is 19.3. The number of benzene rings is 2. The third kappa shape index (κ3) is 3.58. The van der Waals surface area contributed by atoms with E-state index in [0.29, 0.717) is 6.04 Å². The number of rotatable bonds is 5. The Hall–Kier alpha value is -1.80. The maximum absolute atomic E-state index is 5.27. The van der Waals surface area contributed by atoms with Crippen LogP contribution in [0.3, 0.4) is 0 Å². The van der Waals surface area contributed by atoms with Crippen LogP contribution in [-0.4, -0.2) is 7.11 Å². The molecule has 100 valence electrons. The first kappa shape index (κ1) is 13.6. The minimum absolute atomic E-state index is 0.283. The largest absolute Gasteiger partial charge is 0.497 e. The van der Waals surface area contributed by atoms with Crippen LogP contribution in [-0.2, 0) is 0 Å². The maximum Gasteiger partial charge on any atom is 0.119 e. The van der Waals surface area contributed by atoms with Crippen molar-refractivity contribution in [2.75, 3.05) is 7.11 Å². The molecule has 1 N–H and O–H groups in total. The smallest absolute Gasteiger partial charge is 0.119 e. The molecule has 0 saturated heterocycles. The van der Waals surface area contributed by atoms with Gasteiger partial charge in [-0.15, -0.1) is 0 Å². The fourth-order valence-electron chi connectivity index (χ4n) is 2.22. The zero-order valence-corrected chi connectivity index (χ0v) is 11.8. The van der Waals surface area contributed by atoms with E-state index >= 15 is 0 Å². The average molecular weight is 255 g/mol. The summed E-state index contributed by atoms with van der Waals surface area (Å²) in [5, 5.41) is 3.61. The highest BCUT2D eigenvalue weighted by molar-refractivity contribution is 5.30. The molecule has 0 aliphatic heterocycles. The minimum atomic E-state index is 0.283. The highest BCUT2D eigenvalue weighted by atomic mass is 16.5. The molecule has 0 amide bonds. The lowest BCUT2D eigenvalue weighted by Gasteiger charge is -2.21. The van der Waals surface area contributed by atoms with Crippen molar-refractivity contribution in [3.63, 3.8) is 0 Å². The number of hydrogen-bond acceptors (Lipinski definition) is 2. The van der Waals surface area contributed by atoms with Crippen LogP contribution >= 0.6 is 0 Å². The summed E-state index contributed by atoms with van der Waals surface area (Å²) in [5.41, 5.74) is 2.54. The molecule has 0 fully saturated rings. The van der Waals surface area contributed by atoms with Crippen LogP contribution in [0.4, 0.5) is 0 Å². The molecule has 0 aliphatic carbocycles. The van der Waals surface area contributed by atoms with Gasteiger partial charge in [0.05, 0.1) is 7.11 Å². The van der Waals surface area contributed by atoms with Crippen molar-refractivity contribution in [2.45, 2.75) is 25.9 Å². The van der Waals surface area contributed by atoms with Gasteiger partial charge in [-0.1, -0.05) is 42.5 Å². The van der Waals surface area contributed by atoms with Gasteiger partial charge in [-0.25, -0.2) is 0 Å². The van der Waals surface area contributed by atoms with Crippen molar-refractivity contribution in [3.05, 3.63) is 65.7 Å². The monoisotopic (exact) mass is 255 g/mol. The number of hydrogen-bond donors (Lipinski definition) is 1. The standard InChI is InChI=1S/C17H21NO/c1-13(15-8-5-4-6-9-15)18-14(2)16-10-7-11-17(12-16)19-3/h4-14,18H,1-3H3. The van der Waals surface area contributed by atoms with E-state index in [1.54, 1.807) is 7.11 Å². The first-order valence-electron chi connectivity index (χ1n) is 6.65. The van der Waals surface area contributed by atoms with Gasteiger partial charge in [-0.3, -0.25) is 0 Å². The molecule has 2 heteroatoms. The summed E-state index contributed by atoms with van der Waals surface area (Å²) in [7, 11) is 1.70. The molecule has 2 aromatic carbocycles. The van der Waals surface area contributed by atoms with Gasteiger partial charge in [-0.2, -0.15) is 0 Å². The van der Waals surface area contributed by atoms with Gasteiger partial charge >= 0.3 is 0 Å². The summed E-state index contributed by atoms with van der Waals surface area (Å²) >= 11 is 0. The predicted octanol–water partition coefficient (Wildman–Crippen LogP) is 4.11. The van der Waals surface area contributed by atoms with E-state index in [1.165, 1.54) is 11.1 Å². The van der Waals surface area contributed by atoms with E-state index in [2.05, 4.69) is 55.6 Å². The minimum Gasteiger partial charge on any atom is -0.497 e. The molecule has 2 nitrogen and oxygen atoms in total. The van der Waals surface area contributed by atoms with Gasteiger partial charge in [0.25, 0.3) is 0 Å². The van der Waals surface area contributed by atoms with Crippen molar-refractivity contribution >= 4 is 0 Å². The van der Waals surface area contributed by atoms with Crippen LogP contribution in [0.15, 0.2) is 54.6 Å². The molecule has 0 aromatic heterocycles. The Morgan fingerprint density at radius 3 is 2.16 bits per heavy atom. The van der Waals surface area contributed by atoms with Crippen molar-refractivity contribution < 1.29 is 4.74 Å². The topological polar surface area (TPSA) is 21.3 Å². The summed E-state index contributed by atoms with van der Waals surface area (Å²) in [6.07, 6.45) is 0. The molecule has 19 heavy (non-hydrogen) atoms. The van der Waals surface area contributed by atoms with E-state index < -0.39 is 0 Å². The van der Waals surface area contributed by atoms with Gasteiger partial charge in [0.15, 0.2) is 0 Å². The normalized spacial score (nSPS) is 13.8. The Morgan fingerprint density at radius 2 is 1.47 bits per heavy atom. The van der Waals surface area contributed by atoms with Gasteiger partial charge < -0.3 is 10.1 Å². The van der Waals surface area contributed by atoms with Crippen LogP contribution in [0, 0.1) is 0 Å². The number of nitrogens with one attached hydrogen (secondary N) is 1. The molecule has 2 rings (SSSR count). The number of methoxy groups -OCH3 is 1. The zero-order chi connectivity index (χ0) is 13.7. The average Bonchev–Trinajstić information content (AvgIpc) is 2.48. The van der Waals surface area contributed by atoms with Gasteiger partial charge in [0, 0.05) is 12.1 Å². The second-order valence-electron chi connectivity index (χ2n) is 4.80. The van der Waals surface area contributed by atoms with Crippen LogP contribution in [0.25, 0.3) is 0 Å². The molecule has 0 saturated carbocycles. The highest BCUT2D eigenvalue weighted by Gasteiger charge is 2.11. The van der Waals surface area contributed by atoms with Crippen molar-refractivity contribution in [3.8, 4) is 5.75 Å². The Morgan fingerprint density at radius 1 is 0.842 bits per heavy atom. The Kier molecular flexibility index (Phi) is 4.58. The van der Waals surface area contributed by atoms with Crippen molar-refractivity contribution in [1.82, 2.24) is 5.32 Å².